The third kappa shape index (κ3) is 4.03. The molecule has 9 heteroatoms. The summed E-state index contributed by atoms with van der Waals surface area (Å²) in [5.41, 5.74) is 0.642. The van der Waals surface area contributed by atoms with Gasteiger partial charge < -0.3 is 9.47 Å². The Kier molecular flexibility index (Phi) is 6.14. The zero-order chi connectivity index (χ0) is 22.8. The molecular formula is C22H22N2O7. The highest BCUT2D eigenvalue weighted by Crippen LogP contribution is 2.41. The highest BCUT2D eigenvalue weighted by atomic mass is 16.6. The second-order valence-corrected chi connectivity index (χ2v) is 7.24. The molecule has 0 fully saturated rings. The smallest absolute Gasteiger partial charge is 0.324 e. The lowest BCUT2D eigenvalue weighted by Crippen LogP contribution is -2.43. The van der Waals surface area contributed by atoms with E-state index in [1.807, 2.05) is 0 Å². The number of nitro groups is 1. The van der Waals surface area contributed by atoms with Gasteiger partial charge in [0.15, 0.2) is 5.41 Å². The summed E-state index contributed by atoms with van der Waals surface area (Å²) in [5, 5.41) is 10.8. The molecule has 0 amide bonds. The largest absolute Gasteiger partial charge is 0.465 e. The van der Waals surface area contributed by atoms with Gasteiger partial charge in [-0.2, -0.15) is 0 Å². The van der Waals surface area contributed by atoms with E-state index in [0.717, 1.165) is 0 Å². The summed E-state index contributed by atoms with van der Waals surface area (Å²) in [4.78, 5) is 53.0. The molecule has 0 atom stereocenters. The van der Waals surface area contributed by atoms with E-state index >= 15 is 0 Å². The van der Waals surface area contributed by atoms with Crippen molar-refractivity contribution in [3.63, 3.8) is 0 Å². The molecule has 1 aromatic carbocycles. The Labute approximate surface area is 178 Å². The molecule has 2 aromatic rings. The molecular weight excluding hydrogens is 404 g/mol. The Morgan fingerprint density at radius 2 is 1.65 bits per heavy atom. The average molecular weight is 426 g/mol. The van der Waals surface area contributed by atoms with Crippen LogP contribution in [0.2, 0.25) is 0 Å². The first-order valence-electron chi connectivity index (χ1n) is 9.86. The number of non-ortho nitro benzene ring substituents is 1. The number of fused-ring (bicyclic) bond motifs is 1. The lowest BCUT2D eigenvalue weighted by molar-refractivity contribution is -0.384. The Bertz CT molecular complexity index is 1040. The number of ketones is 1. The summed E-state index contributed by atoms with van der Waals surface area (Å²) >= 11 is 0. The number of carbonyl (C=O) groups is 3. The number of pyridine rings is 1. The first kappa shape index (κ1) is 22.1. The highest BCUT2D eigenvalue weighted by molar-refractivity contribution is 6.08. The van der Waals surface area contributed by atoms with E-state index in [-0.39, 0.29) is 43.0 Å². The van der Waals surface area contributed by atoms with E-state index in [9.17, 15) is 24.5 Å². The van der Waals surface area contributed by atoms with Gasteiger partial charge in [0.1, 0.15) is 5.69 Å². The number of hydrogen-bond acceptors (Lipinski definition) is 8. The van der Waals surface area contributed by atoms with Gasteiger partial charge >= 0.3 is 11.9 Å². The molecule has 0 bridgehead atoms. The molecule has 1 aromatic heterocycles. The zero-order valence-corrected chi connectivity index (χ0v) is 17.5. The first-order chi connectivity index (χ1) is 14.7. The van der Waals surface area contributed by atoms with Crippen LogP contribution in [0.5, 0.6) is 0 Å². The number of nitrogens with zero attached hydrogens (tertiary/aromatic N) is 2. The average Bonchev–Trinajstić information content (AvgIpc) is 3.15. The van der Waals surface area contributed by atoms with Crippen LogP contribution in [0.3, 0.4) is 0 Å². The standard InChI is InChI=1S/C22H22N2O7/c1-4-30-20(26)22(21(27)31-5-2)11-15-10-18(23-13(3)17(15)12-22)19(25)14-6-8-16(9-7-14)24(28)29/h6-10H,4-5,11-12H2,1-3H3. The van der Waals surface area contributed by atoms with Gasteiger partial charge in [-0.1, -0.05) is 0 Å². The zero-order valence-electron chi connectivity index (χ0n) is 17.5. The minimum atomic E-state index is -1.50. The van der Waals surface area contributed by atoms with E-state index in [1.165, 1.54) is 24.3 Å². The molecule has 0 N–H and O–H groups in total. The molecule has 0 spiro atoms. The van der Waals surface area contributed by atoms with Crippen LogP contribution >= 0.6 is 0 Å². The molecule has 9 nitrogen and oxygen atoms in total. The molecule has 0 aliphatic heterocycles. The molecule has 0 saturated heterocycles. The number of ether oxygens (including phenoxy) is 2. The van der Waals surface area contributed by atoms with Gasteiger partial charge in [0.25, 0.3) is 5.69 Å². The fraction of sp³-hybridized carbons (Fsp3) is 0.364. The topological polar surface area (TPSA) is 126 Å². The second kappa shape index (κ2) is 8.63. The number of rotatable bonds is 7. The van der Waals surface area contributed by atoms with Crippen molar-refractivity contribution >= 4 is 23.4 Å². The number of esters is 2. The summed E-state index contributed by atoms with van der Waals surface area (Å²) in [5.74, 6) is -1.73. The maximum absolute atomic E-state index is 12.9. The van der Waals surface area contributed by atoms with Crippen LogP contribution in [0.4, 0.5) is 5.69 Å². The Hall–Kier alpha value is -3.62. The van der Waals surface area contributed by atoms with Crippen molar-refractivity contribution in [3.05, 3.63) is 68.5 Å². The fourth-order valence-electron chi connectivity index (χ4n) is 3.76. The first-order valence-corrected chi connectivity index (χ1v) is 9.86. The van der Waals surface area contributed by atoms with Crippen molar-refractivity contribution in [1.29, 1.82) is 0 Å². The van der Waals surface area contributed by atoms with Crippen molar-refractivity contribution in [2.24, 2.45) is 5.41 Å². The summed E-state index contributed by atoms with van der Waals surface area (Å²) in [6.45, 7) is 5.27. The van der Waals surface area contributed by atoms with Crippen LogP contribution in [0, 0.1) is 22.5 Å². The quantitative estimate of drug-likeness (QED) is 0.217. The predicted octanol–water partition coefficient (Wildman–Crippen LogP) is 2.74. The maximum atomic E-state index is 12.9. The van der Waals surface area contributed by atoms with Crippen molar-refractivity contribution in [2.75, 3.05) is 13.2 Å². The molecule has 31 heavy (non-hydrogen) atoms. The predicted molar refractivity (Wildman–Crippen MR) is 109 cm³/mol. The normalized spacial score (nSPS) is 13.9. The van der Waals surface area contributed by atoms with E-state index in [1.54, 1.807) is 26.8 Å². The van der Waals surface area contributed by atoms with E-state index in [2.05, 4.69) is 4.98 Å². The third-order valence-electron chi connectivity index (χ3n) is 5.30. The molecule has 0 saturated carbocycles. The second-order valence-electron chi connectivity index (χ2n) is 7.24. The van der Waals surface area contributed by atoms with Crippen LogP contribution < -0.4 is 0 Å². The van der Waals surface area contributed by atoms with Gasteiger partial charge in [-0.25, -0.2) is 4.98 Å². The molecule has 0 unspecified atom stereocenters. The minimum absolute atomic E-state index is 0.0455. The van der Waals surface area contributed by atoms with Gasteiger partial charge in [-0.15, -0.1) is 0 Å². The minimum Gasteiger partial charge on any atom is -0.465 e. The van der Waals surface area contributed by atoms with Crippen LogP contribution in [-0.2, 0) is 31.9 Å². The number of aromatic nitrogens is 1. The van der Waals surface area contributed by atoms with Gasteiger partial charge in [0.2, 0.25) is 5.78 Å². The van der Waals surface area contributed by atoms with Crippen LogP contribution in [0.1, 0.15) is 46.7 Å². The number of aryl methyl sites for hydroxylation is 1. The van der Waals surface area contributed by atoms with Gasteiger partial charge in [0, 0.05) is 29.8 Å². The molecule has 3 rings (SSSR count). The van der Waals surface area contributed by atoms with E-state index < -0.39 is 28.1 Å². The summed E-state index contributed by atoms with van der Waals surface area (Å²) in [7, 11) is 0. The number of benzene rings is 1. The van der Waals surface area contributed by atoms with Crippen molar-refractivity contribution in [1.82, 2.24) is 4.98 Å². The Morgan fingerprint density at radius 3 is 2.16 bits per heavy atom. The van der Waals surface area contributed by atoms with Crippen LogP contribution in [-0.4, -0.2) is 40.8 Å². The molecule has 0 radical (unpaired) electrons. The van der Waals surface area contributed by atoms with Crippen LogP contribution in [0.15, 0.2) is 30.3 Å². The van der Waals surface area contributed by atoms with Gasteiger partial charge in [-0.05, 0) is 56.5 Å². The van der Waals surface area contributed by atoms with E-state index in [0.29, 0.717) is 16.8 Å². The monoisotopic (exact) mass is 426 g/mol. The molecule has 1 aliphatic carbocycles. The summed E-state index contributed by atoms with van der Waals surface area (Å²) in [6.07, 6.45) is 0.134. The lowest BCUT2D eigenvalue weighted by Gasteiger charge is -2.24. The SMILES string of the molecule is CCOC(=O)C1(C(=O)OCC)Cc2cc(C(=O)c3ccc([N+](=O)[O-])cc3)nc(C)c2C1. The summed E-state index contributed by atoms with van der Waals surface area (Å²) < 4.78 is 10.3. The van der Waals surface area contributed by atoms with Gasteiger partial charge in [0.05, 0.1) is 18.1 Å². The van der Waals surface area contributed by atoms with Crippen molar-refractivity contribution in [2.45, 2.75) is 33.6 Å². The number of nitro benzene ring substituents is 1. The lowest BCUT2D eigenvalue weighted by atomic mass is 9.84. The molecule has 162 valence electrons. The van der Waals surface area contributed by atoms with Crippen LogP contribution in [0.25, 0.3) is 0 Å². The van der Waals surface area contributed by atoms with Gasteiger partial charge in [-0.3, -0.25) is 24.5 Å². The molecule has 1 heterocycles. The third-order valence-corrected chi connectivity index (χ3v) is 5.30. The van der Waals surface area contributed by atoms with E-state index in [4.69, 9.17) is 9.47 Å². The highest BCUT2D eigenvalue weighted by Gasteiger charge is 2.53. The number of carbonyl (C=O) groups excluding carboxylic acids is 3. The summed E-state index contributed by atoms with van der Waals surface area (Å²) in [6, 6.07) is 6.80. The maximum Gasteiger partial charge on any atom is 0.324 e. The van der Waals surface area contributed by atoms with Crippen molar-refractivity contribution in [3.8, 4) is 0 Å². The van der Waals surface area contributed by atoms with Crippen molar-refractivity contribution < 1.29 is 28.8 Å². The Balaban J connectivity index is 1.97. The molecule has 1 aliphatic rings. The fourth-order valence-corrected chi connectivity index (χ4v) is 3.76. The number of hydrogen-bond donors (Lipinski definition) is 0. The Morgan fingerprint density at radius 1 is 1.06 bits per heavy atom.